The first-order chi connectivity index (χ1) is 15.1. The van der Waals surface area contributed by atoms with Crippen molar-refractivity contribution >= 4 is 38.4 Å². The number of nitrogens with zero attached hydrogens (tertiary/aromatic N) is 3. The molecule has 0 aliphatic carbocycles. The highest BCUT2D eigenvalue weighted by atomic mass is 32.1. The minimum absolute atomic E-state index is 0.0574. The summed E-state index contributed by atoms with van der Waals surface area (Å²) in [4.78, 5) is 11.7. The summed E-state index contributed by atoms with van der Waals surface area (Å²) < 4.78 is 45.7. The van der Waals surface area contributed by atoms with E-state index in [2.05, 4.69) is 15.0 Å². The Kier molecular flexibility index (Phi) is 5.55. The van der Waals surface area contributed by atoms with Crippen molar-refractivity contribution in [2.75, 3.05) is 0 Å². The van der Waals surface area contributed by atoms with Gasteiger partial charge in [-0.3, -0.25) is 4.79 Å². The van der Waals surface area contributed by atoms with E-state index in [0.717, 1.165) is 10.1 Å². The van der Waals surface area contributed by atoms with E-state index >= 15 is 0 Å². The highest BCUT2D eigenvalue weighted by Gasteiger charge is 2.34. The Morgan fingerprint density at radius 2 is 2.06 bits per heavy atom. The lowest BCUT2D eigenvalue weighted by atomic mass is 9.84. The number of hydrogen-bond donors (Lipinski definition) is 2. The molecule has 1 unspecified atom stereocenters. The number of halogens is 3. The monoisotopic (exact) mass is 465 g/mol. The summed E-state index contributed by atoms with van der Waals surface area (Å²) in [5, 5.41) is 29.9. The van der Waals surface area contributed by atoms with Crippen LogP contribution in [0.3, 0.4) is 0 Å². The smallest absolute Gasteiger partial charge is 0.481 e. The van der Waals surface area contributed by atoms with E-state index in [4.69, 9.17) is 0 Å². The molecule has 7 nitrogen and oxygen atoms in total. The van der Waals surface area contributed by atoms with E-state index in [-0.39, 0.29) is 24.1 Å². The molecule has 4 rings (SSSR count). The molecule has 4 aromatic rings. The maximum Gasteiger partial charge on any atom is 0.573 e. The van der Waals surface area contributed by atoms with Crippen LogP contribution in [-0.4, -0.2) is 37.5 Å². The number of aromatic nitrogens is 3. The number of aliphatic carboxylic acids is 1. The van der Waals surface area contributed by atoms with Gasteiger partial charge < -0.3 is 14.9 Å². The van der Waals surface area contributed by atoms with E-state index in [9.17, 15) is 28.2 Å². The summed E-state index contributed by atoms with van der Waals surface area (Å²) in [6, 6.07) is 6.54. The molecular weight excluding hydrogens is 447 g/mol. The number of aryl methyl sites for hydroxylation is 2. The van der Waals surface area contributed by atoms with Gasteiger partial charge in [0.25, 0.3) is 0 Å². The molecule has 1 atom stereocenters. The molecule has 11 heteroatoms. The lowest BCUT2D eigenvalue weighted by Gasteiger charge is -2.21. The van der Waals surface area contributed by atoms with Crippen LogP contribution in [0.15, 0.2) is 29.6 Å². The van der Waals surface area contributed by atoms with Crippen LogP contribution < -0.4 is 4.74 Å². The van der Waals surface area contributed by atoms with E-state index in [0.29, 0.717) is 22.3 Å². The molecule has 2 aromatic carbocycles. The van der Waals surface area contributed by atoms with Gasteiger partial charge in [-0.15, -0.1) is 29.6 Å². The Morgan fingerprint density at radius 3 is 2.72 bits per heavy atom. The minimum Gasteiger partial charge on any atom is -0.481 e. The normalized spacial score (nSPS) is 13.1. The Bertz CT molecular complexity index is 1330. The van der Waals surface area contributed by atoms with Gasteiger partial charge >= 0.3 is 12.3 Å². The fourth-order valence-corrected chi connectivity index (χ4v) is 4.88. The number of carbonyl (C=O) groups is 1. The highest BCUT2D eigenvalue weighted by Crippen LogP contribution is 2.41. The SMILES string of the molecule is Cc1c(C(CC(=O)O)c2cc(CO)c3sccc3c2)cc(OC(F)(F)F)c2c1nnn2C. The van der Waals surface area contributed by atoms with Crippen molar-refractivity contribution in [3.8, 4) is 5.75 Å². The number of rotatable bonds is 6. The van der Waals surface area contributed by atoms with Gasteiger partial charge in [-0.2, -0.15) is 0 Å². The number of ether oxygens (including phenoxy) is 1. The van der Waals surface area contributed by atoms with Crippen molar-refractivity contribution in [2.45, 2.75) is 32.2 Å². The molecular formula is C21H18F3N3O4S. The van der Waals surface area contributed by atoms with Crippen LogP contribution in [0.1, 0.15) is 34.6 Å². The number of aliphatic hydroxyl groups excluding tert-OH is 1. The maximum atomic E-state index is 13.1. The quantitative estimate of drug-likeness (QED) is 0.436. The first-order valence-electron chi connectivity index (χ1n) is 9.50. The topological polar surface area (TPSA) is 97.5 Å². The number of thiophene rings is 1. The van der Waals surface area contributed by atoms with Crippen molar-refractivity contribution in [2.24, 2.45) is 7.05 Å². The molecule has 0 saturated carbocycles. The summed E-state index contributed by atoms with van der Waals surface area (Å²) in [7, 11) is 1.45. The van der Waals surface area contributed by atoms with Crippen molar-refractivity contribution in [1.82, 2.24) is 15.0 Å². The number of carboxylic acids is 1. The van der Waals surface area contributed by atoms with Crippen LogP contribution in [0.5, 0.6) is 5.75 Å². The van der Waals surface area contributed by atoms with Crippen molar-refractivity contribution in [3.05, 3.63) is 51.9 Å². The number of aliphatic hydroxyl groups is 1. The average molecular weight is 465 g/mol. The van der Waals surface area contributed by atoms with Crippen molar-refractivity contribution in [1.29, 1.82) is 0 Å². The molecule has 0 amide bonds. The first-order valence-corrected chi connectivity index (χ1v) is 10.4. The lowest BCUT2D eigenvalue weighted by Crippen LogP contribution is -2.18. The van der Waals surface area contributed by atoms with Gasteiger partial charge in [0.1, 0.15) is 11.0 Å². The second-order valence-corrected chi connectivity index (χ2v) is 8.29. The lowest BCUT2D eigenvalue weighted by molar-refractivity contribution is -0.274. The molecule has 32 heavy (non-hydrogen) atoms. The maximum absolute atomic E-state index is 13.1. The van der Waals surface area contributed by atoms with Gasteiger partial charge in [-0.1, -0.05) is 11.3 Å². The average Bonchev–Trinajstić information content (AvgIpc) is 3.33. The van der Waals surface area contributed by atoms with Crippen molar-refractivity contribution < 1.29 is 32.9 Å². The number of hydrogen-bond acceptors (Lipinski definition) is 6. The molecule has 0 spiro atoms. The molecule has 0 aliphatic rings. The molecule has 0 radical (unpaired) electrons. The van der Waals surface area contributed by atoms with Gasteiger partial charge in [0.15, 0.2) is 5.75 Å². The molecule has 0 aliphatic heterocycles. The molecule has 2 heterocycles. The van der Waals surface area contributed by atoms with Gasteiger partial charge in [0, 0.05) is 17.7 Å². The minimum atomic E-state index is -4.95. The second-order valence-electron chi connectivity index (χ2n) is 7.37. The number of alkyl halides is 3. The summed E-state index contributed by atoms with van der Waals surface area (Å²) in [5.41, 5.74) is 2.27. The van der Waals surface area contributed by atoms with E-state index in [1.165, 1.54) is 29.1 Å². The molecule has 0 saturated heterocycles. The first kappa shape index (κ1) is 22.0. The van der Waals surface area contributed by atoms with Crippen LogP contribution in [0, 0.1) is 6.92 Å². The summed E-state index contributed by atoms with van der Waals surface area (Å²) in [5.74, 6) is -2.43. The molecule has 2 N–H and O–H groups in total. The predicted molar refractivity (Wildman–Crippen MR) is 112 cm³/mol. The van der Waals surface area contributed by atoms with E-state index in [1.807, 2.05) is 11.4 Å². The third-order valence-electron chi connectivity index (χ3n) is 5.34. The summed E-state index contributed by atoms with van der Waals surface area (Å²) >= 11 is 1.44. The van der Waals surface area contributed by atoms with Crippen molar-refractivity contribution in [3.63, 3.8) is 0 Å². The Balaban J connectivity index is 1.97. The van der Waals surface area contributed by atoms with Crippen LogP contribution in [0.2, 0.25) is 0 Å². The molecule has 0 bridgehead atoms. The highest BCUT2D eigenvalue weighted by molar-refractivity contribution is 7.17. The third-order valence-corrected chi connectivity index (χ3v) is 6.34. The molecule has 0 fully saturated rings. The predicted octanol–water partition coefficient (Wildman–Crippen LogP) is 4.49. The fraction of sp³-hybridized carbons (Fsp3) is 0.286. The zero-order chi connectivity index (χ0) is 23.2. The molecule has 168 valence electrons. The summed E-state index contributed by atoms with van der Waals surface area (Å²) in [6.07, 6.45) is -5.33. The van der Waals surface area contributed by atoms with Crippen LogP contribution in [0.4, 0.5) is 13.2 Å². The van der Waals surface area contributed by atoms with Gasteiger partial charge in [0.05, 0.1) is 13.0 Å². The largest absolute Gasteiger partial charge is 0.573 e. The van der Waals surface area contributed by atoms with Gasteiger partial charge in [-0.05, 0) is 58.1 Å². The number of benzene rings is 2. The number of fused-ring (bicyclic) bond motifs is 2. The third kappa shape index (κ3) is 4.00. The Labute approximate surface area is 183 Å². The van der Waals surface area contributed by atoms with Crippen LogP contribution >= 0.6 is 11.3 Å². The zero-order valence-corrected chi connectivity index (χ0v) is 17.8. The van der Waals surface area contributed by atoms with Gasteiger partial charge in [0.2, 0.25) is 0 Å². The van der Waals surface area contributed by atoms with Crippen LogP contribution in [0.25, 0.3) is 21.1 Å². The standard InChI is InChI=1S/C21H18F3N3O4S/c1-10-14(7-16(31-21(22,23)24)19-18(10)25-26-27(19)2)15(8-17(29)30)12-5-11-3-4-32-20(11)13(6-12)9-28/h3-7,15,28H,8-9H2,1-2H3,(H,29,30). The second kappa shape index (κ2) is 8.06. The number of carboxylic acid groups (broad SMARTS) is 1. The van der Waals surface area contributed by atoms with E-state index in [1.54, 1.807) is 19.1 Å². The molecule has 2 aromatic heterocycles. The Morgan fingerprint density at radius 1 is 1.31 bits per heavy atom. The fourth-order valence-electron chi connectivity index (χ4n) is 3.99. The Hall–Kier alpha value is -3.18. The van der Waals surface area contributed by atoms with E-state index < -0.39 is 24.0 Å². The van der Waals surface area contributed by atoms with Gasteiger partial charge in [-0.25, -0.2) is 4.68 Å². The summed E-state index contributed by atoms with van der Waals surface area (Å²) in [6.45, 7) is 1.41. The van der Waals surface area contributed by atoms with Crippen LogP contribution in [-0.2, 0) is 18.4 Å². The zero-order valence-electron chi connectivity index (χ0n) is 17.0.